The van der Waals surface area contributed by atoms with Gasteiger partial charge in [-0.3, -0.25) is 9.59 Å². The molecular formula is C15H15Cl2NO3. The molecule has 0 fully saturated rings. The molecule has 0 bridgehead atoms. The number of fused-ring (bicyclic) bond motifs is 1. The van der Waals surface area contributed by atoms with E-state index in [-0.39, 0.29) is 11.3 Å². The fraction of sp³-hybridized carbons (Fsp3) is 0.333. The van der Waals surface area contributed by atoms with E-state index in [1.165, 1.54) is 6.92 Å². The van der Waals surface area contributed by atoms with Gasteiger partial charge in [-0.1, -0.05) is 36.5 Å². The number of esters is 1. The third-order valence-electron chi connectivity index (χ3n) is 3.14. The van der Waals surface area contributed by atoms with Crippen molar-refractivity contribution in [3.63, 3.8) is 0 Å². The van der Waals surface area contributed by atoms with Crippen LogP contribution >= 0.6 is 23.2 Å². The van der Waals surface area contributed by atoms with Crippen LogP contribution in [0.4, 0.5) is 0 Å². The van der Waals surface area contributed by atoms with Crippen molar-refractivity contribution in [3.8, 4) is 5.75 Å². The summed E-state index contributed by atoms with van der Waals surface area (Å²) in [6.07, 6.45) is 2.23. The van der Waals surface area contributed by atoms with Crippen LogP contribution < -0.4 is 10.3 Å². The number of halogens is 2. The lowest BCUT2D eigenvalue weighted by Gasteiger charge is -2.13. The highest BCUT2D eigenvalue weighted by Crippen LogP contribution is 2.36. The van der Waals surface area contributed by atoms with Crippen molar-refractivity contribution in [2.24, 2.45) is 0 Å². The van der Waals surface area contributed by atoms with Gasteiger partial charge in [-0.15, -0.1) is 0 Å². The van der Waals surface area contributed by atoms with E-state index in [0.717, 1.165) is 12.8 Å². The first-order chi connectivity index (χ1) is 9.95. The number of carbonyl (C=O) groups excluding carboxylic acids is 1. The number of aromatic amines is 1. The highest BCUT2D eigenvalue weighted by Gasteiger charge is 2.19. The molecule has 0 atom stereocenters. The third kappa shape index (κ3) is 3.22. The third-order valence-corrected chi connectivity index (χ3v) is 3.77. The molecule has 0 amide bonds. The number of rotatable bonds is 4. The molecule has 0 aliphatic heterocycles. The Morgan fingerprint density at radius 1 is 1.29 bits per heavy atom. The number of H-pyrrole nitrogens is 1. The highest BCUT2D eigenvalue weighted by atomic mass is 35.5. The Morgan fingerprint density at radius 3 is 2.57 bits per heavy atom. The van der Waals surface area contributed by atoms with E-state index in [2.05, 4.69) is 4.98 Å². The summed E-state index contributed by atoms with van der Waals surface area (Å²) in [5, 5.41) is 1.19. The quantitative estimate of drug-likeness (QED) is 0.860. The minimum atomic E-state index is -0.504. The van der Waals surface area contributed by atoms with Crippen LogP contribution in [-0.4, -0.2) is 11.0 Å². The van der Waals surface area contributed by atoms with Gasteiger partial charge < -0.3 is 9.72 Å². The second-order valence-corrected chi connectivity index (χ2v) is 5.55. The van der Waals surface area contributed by atoms with Crippen LogP contribution in [0.2, 0.25) is 10.0 Å². The Balaban J connectivity index is 2.82. The number of aromatic nitrogens is 1. The van der Waals surface area contributed by atoms with Crippen molar-refractivity contribution in [3.05, 3.63) is 38.1 Å². The highest BCUT2D eigenvalue weighted by molar-refractivity contribution is 6.40. The van der Waals surface area contributed by atoms with Gasteiger partial charge in [0, 0.05) is 6.92 Å². The Bertz CT molecular complexity index is 753. The van der Waals surface area contributed by atoms with Gasteiger partial charge >= 0.3 is 5.97 Å². The average molecular weight is 328 g/mol. The molecule has 0 radical (unpaired) electrons. The lowest BCUT2D eigenvalue weighted by molar-refractivity contribution is -0.131. The number of pyridine rings is 1. The van der Waals surface area contributed by atoms with Gasteiger partial charge in [-0.25, -0.2) is 0 Å². The van der Waals surface area contributed by atoms with Crippen LogP contribution in [0, 0.1) is 0 Å². The largest absolute Gasteiger partial charge is 0.425 e. The van der Waals surface area contributed by atoms with Crippen LogP contribution in [0.1, 0.15) is 32.3 Å². The maximum absolute atomic E-state index is 12.3. The van der Waals surface area contributed by atoms with E-state index in [1.807, 2.05) is 6.92 Å². The van der Waals surface area contributed by atoms with Gasteiger partial charge in [0.1, 0.15) is 5.75 Å². The van der Waals surface area contributed by atoms with Crippen molar-refractivity contribution in [2.75, 3.05) is 0 Å². The van der Waals surface area contributed by atoms with E-state index in [9.17, 15) is 9.59 Å². The molecule has 112 valence electrons. The van der Waals surface area contributed by atoms with Gasteiger partial charge in [0.05, 0.1) is 26.5 Å². The zero-order valence-electron chi connectivity index (χ0n) is 11.8. The maximum Gasteiger partial charge on any atom is 0.308 e. The molecule has 1 N–H and O–H groups in total. The fourth-order valence-corrected chi connectivity index (χ4v) is 2.62. The van der Waals surface area contributed by atoms with Gasteiger partial charge in [0.25, 0.3) is 5.56 Å². The first kappa shape index (κ1) is 15.9. The number of unbranched alkanes of at least 4 members (excludes halogenated alkanes) is 1. The number of benzene rings is 1. The summed E-state index contributed by atoms with van der Waals surface area (Å²) < 4.78 is 5.27. The number of hydrogen-bond acceptors (Lipinski definition) is 3. The molecule has 0 aliphatic rings. The lowest BCUT2D eigenvalue weighted by Crippen LogP contribution is -2.17. The fourth-order valence-electron chi connectivity index (χ4n) is 2.18. The maximum atomic E-state index is 12.3. The zero-order chi connectivity index (χ0) is 15.6. The predicted octanol–water partition coefficient (Wildman–Crippen LogP) is 4.10. The Hall–Kier alpha value is -1.52. The van der Waals surface area contributed by atoms with Crippen molar-refractivity contribution >= 4 is 40.1 Å². The summed E-state index contributed by atoms with van der Waals surface area (Å²) in [4.78, 5) is 26.4. The van der Waals surface area contributed by atoms with Gasteiger partial charge in [0.15, 0.2) is 0 Å². The molecular weight excluding hydrogens is 313 g/mol. The summed E-state index contributed by atoms with van der Waals surface area (Å²) in [6.45, 7) is 3.31. The summed E-state index contributed by atoms with van der Waals surface area (Å²) in [5.41, 5.74) is 0.491. The SMILES string of the molecule is CCCCc1c(OC(C)=O)c2c(Cl)ccc(Cl)c2[nH]c1=O. The Labute approximate surface area is 132 Å². The van der Waals surface area contributed by atoms with E-state index < -0.39 is 5.97 Å². The molecule has 4 nitrogen and oxygen atoms in total. The number of hydrogen-bond donors (Lipinski definition) is 1. The second kappa shape index (κ2) is 6.50. The van der Waals surface area contributed by atoms with Gasteiger partial charge in [0.2, 0.25) is 0 Å². The van der Waals surface area contributed by atoms with Crippen LogP contribution in [0.5, 0.6) is 5.75 Å². The summed E-state index contributed by atoms with van der Waals surface area (Å²) in [6, 6.07) is 3.20. The van der Waals surface area contributed by atoms with Crippen molar-refractivity contribution in [1.29, 1.82) is 0 Å². The van der Waals surface area contributed by atoms with E-state index >= 15 is 0 Å². The number of nitrogens with one attached hydrogen (secondary N) is 1. The molecule has 1 aromatic heterocycles. The second-order valence-electron chi connectivity index (χ2n) is 4.74. The predicted molar refractivity (Wildman–Crippen MR) is 84.5 cm³/mol. The monoisotopic (exact) mass is 327 g/mol. The molecule has 1 aromatic carbocycles. The molecule has 0 aliphatic carbocycles. The first-order valence-electron chi connectivity index (χ1n) is 6.67. The molecule has 0 saturated carbocycles. The zero-order valence-corrected chi connectivity index (χ0v) is 13.3. The summed E-state index contributed by atoms with van der Waals surface area (Å²) >= 11 is 12.3. The van der Waals surface area contributed by atoms with Crippen molar-refractivity contribution in [2.45, 2.75) is 33.1 Å². The van der Waals surface area contributed by atoms with E-state index in [4.69, 9.17) is 27.9 Å². The minimum Gasteiger partial charge on any atom is -0.425 e. The molecule has 2 rings (SSSR count). The summed E-state index contributed by atoms with van der Waals surface area (Å²) in [7, 11) is 0. The van der Waals surface area contributed by atoms with Crippen LogP contribution in [0.25, 0.3) is 10.9 Å². The van der Waals surface area contributed by atoms with Crippen LogP contribution in [0.15, 0.2) is 16.9 Å². The molecule has 2 aromatic rings. The molecule has 6 heteroatoms. The molecule has 0 unspecified atom stereocenters. The average Bonchev–Trinajstić information content (AvgIpc) is 2.41. The topological polar surface area (TPSA) is 59.2 Å². The van der Waals surface area contributed by atoms with Crippen LogP contribution in [0.3, 0.4) is 0 Å². The molecule has 21 heavy (non-hydrogen) atoms. The van der Waals surface area contributed by atoms with Crippen molar-refractivity contribution < 1.29 is 9.53 Å². The minimum absolute atomic E-state index is 0.210. The van der Waals surface area contributed by atoms with E-state index in [1.54, 1.807) is 12.1 Å². The number of ether oxygens (including phenoxy) is 1. The standard InChI is InChI=1S/C15H15Cl2NO3/c1-3-4-5-9-14(21-8(2)19)12-10(16)6-7-11(17)13(12)18-15(9)20/h6-7H,3-5H2,1-2H3,(H,18,20). The lowest BCUT2D eigenvalue weighted by atomic mass is 10.1. The molecule has 1 heterocycles. The van der Waals surface area contributed by atoms with Gasteiger partial charge in [-0.05, 0) is 25.0 Å². The molecule has 0 saturated heterocycles. The smallest absolute Gasteiger partial charge is 0.308 e. The van der Waals surface area contributed by atoms with Crippen molar-refractivity contribution in [1.82, 2.24) is 4.98 Å². The van der Waals surface area contributed by atoms with Gasteiger partial charge in [-0.2, -0.15) is 0 Å². The Morgan fingerprint density at radius 2 is 1.95 bits per heavy atom. The van der Waals surface area contributed by atoms with Crippen LogP contribution in [-0.2, 0) is 11.2 Å². The van der Waals surface area contributed by atoms with E-state index in [0.29, 0.717) is 32.9 Å². The summed E-state index contributed by atoms with van der Waals surface area (Å²) in [5.74, 6) is -0.294. The first-order valence-corrected chi connectivity index (χ1v) is 7.42. The normalized spacial score (nSPS) is 10.9. The molecule has 0 spiro atoms. The number of carbonyl (C=O) groups is 1. The Kier molecular flexibility index (Phi) is 4.91.